The quantitative estimate of drug-likeness (QED) is 0.781. The van der Waals surface area contributed by atoms with Crippen molar-refractivity contribution in [1.29, 1.82) is 0 Å². The first kappa shape index (κ1) is 14.0. The largest absolute Gasteiger partial charge is 0.389 e. The van der Waals surface area contributed by atoms with Gasteiger partial charge in [-0.05, 0) is 35.4 Å². The number of nitrogens with zero attached hydrogens (tertiary/aromatic N) is 6. The molecule has 1 unspecified atom stereocenters. The molecule has 0 saturated heterocycles. The predicted molar refractivity (Wildman–Crippen MR) is 79.2 cm³/mol. The monoisotopic (exact) mass is 312 g/mol. The second-order valence-electron chi connectivity index (χ2n) is 5.77. The molecule has 2 atom stereocenters. The van der Waals surface area contributed by atoms with E-state index in [0.29, 0.717) is 18.1 Å². The lowest BCUT2D eigenvalue weighted by Gasteiger charge is -2.17. The Morgan fingerprint density at radius 3 is 3.17 bits per heavy atom. The van der Waals surface area contributed by atoms with Crippen LogP contribution in [-0.2, 0) is 13.0 Å². The molecule has 0 amide bonds. The summed E-state index contributed by atoms with van der Waals surface area (Å²) in [5.74, 6) is 2.12. The van der Waals surface area contributed by atoms with Gasteiger partial charge in [0.25, 0.3) is 0 Å². The molecule has 3 aromatic rings. The van der Waals surface area contributed by atoms with Crippen LogP contribution in [0, 0.1) is 0 Å². The minimum absolute atomic E-state index is 0.134. The normalized spacial score (nSPS) is 18.6. The maximum atomic E-state index is 9.69. The molecule has 0 fully saturated rings. The first-order valence-corrected chi connectivity index (χ1v) is 7.58. The molecular weight excluding hydrogens is 296 g/mol. The van der Waals surface area contributed by atoms with Crippen LogP contribution in [-0.4, -0.2) is 35.5 Å². The van der Waals surface area contributed by atoms with Crippen molar-refractivity contribution in [2.75, 3.05) is 0 Å². The number of aliphatic hydroxyl groups excluding tert-OH is 1. The highest BCUT2D eigenvalue weighted by Gasteiger charge is 2.27. The van der Waals surface area contributed by atoms with Crippen molar-refractivity contribution in [1.82, 2.24) is 30.3 Å². The van der Waals surface area contributed by atoms with Crippen molar-refractivity contribution in [3.05, 3.63) is 41.5 Å². The lowest BCUT2D eigenvalue weighted by Crippen LogP contribution is -2.19. The highest BCUT2D eigenvalue weighted by molar-refractivity contribution is 5.55. The Bertz CT molecular complexity index is 825. The van der Waals surface area contributed by atoms with E-state index in [1.54, 1.807) is 11.6 Å². The van der Waals surface area contributed by atoms with Crippen LogP contribution in [0.5, 0.6) is 0 Å². The van der Waals surface area contributed by atoms with Crippen molar-refractivity contribution in [2.24, 2.45) is 0 Å². The Hall–Kier alpha value is -2.61. The van der Waals surface area contributed by atoms with Crippen molar-refractivity contribution in [3.8, 4) is 11.4 Å². The van der Waals surface area contributed by atoms with Gasteiger partial charge >= 0.3 is 0 Å². The van der Waals surface area contributed by atoms with Crippen LogP contribution in [0.3, 0.4) is 0 Å². The van der Waals surface area contributed by atoms with Crippen molar-refractivity contribution >= 4 is 0 Å². The molecule has 1 aliphatic heterocycles. The van der Waals surface area contributed by atoms with E-state index in [4.69, 9.17) is 4.52 Å². The first-order chi connectivity index (χ1) is 11.2. The van der Waals surface area contributed by atoms with E-state index >= 15 is 0 Å². The zero-order valence-corrected chi connectivity index (χ0v) is 12.6. The summed E-state index contributed by atoms with van der Waals surface area (Å²) in [6.07, 6.45) is 1.04. The van der Waals surface area contributed by atoms with Crippen LogP contribution < -0.4 is 0 Å². The highest BCUT2D eigenvalue weighted by Crippen LogP contribution is 2.29. The third-order valence-corrected chi connectivity index (χ3v) is 4.14. The van der Waals surface area contributed by atoms with E-state index in [0.717, 1.165) is 29.9 Å². The predicted octanol–water partition coefficient (Wildman–Crippen LogP) is 1.51. The number of benzene rings is 1. The molecule has 0 aliphatic carbocycles. The number of aliphatic hydroxyl groups is 1. The Kier molecular flexibility index (Phi) is 3.38. The molecule has 0 radical (unpaired) electrons. The summed E-state index contributed by atoms with van der Waals surface area (Å²) >= 11 is 0. The van der Waals surface area contributed by atoms with E-state index < -0.39 is 6.10 Å². The van der Waals surface area contributed by atoms with Crippen LogP contribution in [0.1, 0.15) is 42.6 Å². The summed E-state index contributed by atoms with van der Waals surface area (Å²) in [6.45, 7) is 2.48. The number of hydrogen-bond donors (Lipinski definition) is 1. The smallest absolute Gasteiger partial charge is 0.230 e. The maximum Gasteiger partial charge on any atom is 0.230 e. The number of fused-ring (bicyclic) bond motifs is 1. The third-order valence-electron chi connectivity index (χ3n) is 4.14. The van der Waals surface area contributed by atoms with Gasteiger partial charge in [0.2, 0.25) is 11.7 Å². The summed E-state index contributed by atoms with van der Waals surface area (Å²) < 4.78 is 7.25. The van der Waals surface area contributed by atoms with Crippen molar-refractivity contribution in [3.63, 3.8) is 0 Å². The van der Waals surface area contributed by atoms with E-state index in [1.165, 1.54) is 0 Å². The Morgan fingerprint density at radius 1 is 1.39 bits per heavy atom. The van der Waals surface area contributed by atoms with Crippen LogP contribution in [0.4, 0.5) is 0 Å². The zero-order chi connectivity index (χ0) is 15.8. The topological polar surface area (TPSA) is 103 Å². The minimum atomic E-state index is -0.529. The summed E-state index contributed by atoms with van der Waals surface area (Å²) in [6, 6.07) is 7.53. The van der Waals surface area contributed by atoms with Crippen molar-refractivity contribution < 1.29 is 9.63 Å². The SMILES string of the molecule is C[C@@H](O)c1cccc(-c2noc(C3CCn4nnnc4C3)n2)c1. The molecule has 0 saturated carbocycles. The molecule has 23 heavy (non-hydrogen) atoms. The molecule has 1 N–H and O–H groups in total. The Morgan fingerprint density at radius 2 is 2.30 bits per heavy atom. The number of rotatable bonds is 3. The lowest BCUT2D eigenvalue weighted by atomic mass is 9.98. The Balaban J connectivity index is 1.59. The average Bonchev–Trinajstić information content (AvgIpc) is 3.23. The maximum absolute atomic E-state index is 9.69. The standard InChI is InChI=1S/C15H16N6O2/c1-9(22)10-3-2-4-11(7-10)14-16-15(23-18-14)12-5-6-21-13(8-12)17-19-20-21/h2-4,7,9,12,22H,5-6,8H2,1H3/t9-,12?/m1/s1. The molecule has 1 aromatic carbocycles. The van der Waals surface area contributed by atoms with E-state index in [-0.39, 0.29) is 5.92 Å². The van der Waals surface area contributed by atoms with Gasteiger partial charge in [-0.2, -0.15) is 4.98 Å². The van der Waals surface area contributed by atoms with Crippen LogP contribution in [0.15, 0.2) is 28.8 Å². The fourth-order valence-corrected chi connectivity index (χ4v) is 2.81. The second-order valence-corrected chi connectivity index (χ2v) is 5.77. The fourth-order valence-electron chi connectivity index (χ4n) is 2.81. The number of aryl methyl sites for hydroxylation is 1. The molecule has 3 heterocycles. The van der Waals surface area contributed by atoms with E-state index in [9.17, 15) is 5.11 Å². The van der Waals surface area contributed by atoms with Crippen LogP contribution in [0.2, 0.25) is 0 Å². The molecule has 8 heteroatoms. The second kappa shape index (κ2) is 5.54. The fraction of sp³-hybridized carbons (Fsp3) is 0.400. The zero-order valence-electron chi connectivity index (χ0n) is 12.6. The molecule has 4 rings (SSSR count). The number of tetrazole rings is 1. The molecule has 2 aromatic heterocycles. The van der Waals surface area contributed by atoms with Gasteiger partial charge in [-0.1, -0.05) is 23.4 Å². The summed E-state index contributed by atoms with van der Waals surface area (Å²) in [5.41, 5.74) is 1.66. The van der Waals surface area contributed by atoms with E-state index in [2.05, 4.69) is 25.7 Å². The summed E-state index contributed by atoms with van der Waals surface area (Å²) in [7, 11) is 0. The van der Waals surface area contributed by atoms with Gasteiger partial charge in [-0.15, -0.1) is 5.10 Å². The van der Waals surface area contributed by atoms with Gasteiger partial charge in [0, 0.05) is 24.4 Å². The van der Waals surface area contributed by atoms with Gasteiger partial charge in [-0.3, -0.25) is 0 Å². The Labute approximate surface area is 132 Å². The van der Waals surface area contributed by atoms with E-state index in [1.807, 2.05) is 24.3 Å². The molecule has 0 spiro atoms. The first-order valence-electron chi connectivity index (χ1n) is 7.58. The van der Waals surface area contributed by atoms with Gasteiger partial charge in [-0.25, -0.2) is 4.68 Å². The molecular formula is C15H16N6O2. The van der Waals surface area contributed by atoms with Gasteiger partial charge in [0.05, 0.1) is 6.10 Å². The number of aromatic nitrogens is 6. The molecule has 8 nitrogen and oxygen atoms in total. The number of hydrogen-bond acceptors (Lipinski definition) is 7. The minimum Gasteiger partial charge on any atom is -0.389 e. The van der Waals surface area contributed by atoms with Gasteiger partial charge in [0.15, 0.2) is 5.82 Å². The summed E-state index contributed by atoms with van der Waals surface area (Å²) in [4.78, 5) is 4.52. The molecule has 1 aliphatic rings. The van der Waals surface area contributed by atoms with Crippen LogP contribution >= 0.6 is 0 Å². The molecule has 0 bridgehead atoms. The average molecular weight is 312 g/mol. The van der Waals surface area contributed by atoms with Crippen LogP contribution in [0.25, 0.3) is 11.4 Å². The lowest BCUT2D eigenvalue weighted by molar-refractivity contribution is 0.199. The summed E-state index contributed by atoms with van der Waals surface area (Å²) in [5, 5.41) is 25.4. The molecule has 118 valence electrons. The highest BCUT2D eigenvalue weighted by atomic mass is 16.5. The third kappa shape index (κ3) is 2.61. The van der Waals surface area contributed by atoms with Gasteiger partial charge < -0.3 is 9.63 Å². The van der Waals surface area contributed by atoms with Crippen molar-refractivity contribution in [2.45, 2.75) is 38.3 Å². The van der Waals surface area contributed by atoms with Gasteiger partial charge in [0.1, 0.15) is 0 Å².